The quantitative estimate of drug-likeness (QED) is 0.741. The molecule has 2 aliphatic rings. The van der Waals surface area contributed by atoms with E-state index in [4.69, 9.17) is 0 Å². The Balaban J connectivity index is 1.53. The fourth-order valence-corrected chi connectivity index (χ4v) is 3.11. The van der Waals surface area contributed by atoms with Crippen molar-refractivity contribution in [1.29, 1.82) is 0 Å². The van der Waals surface area contributed by atoms with Crippen LogP contribution >= 0.6 is 0 Å². The van der Waals surface area contributed by atoms with Crippen LogP contribution in [0, 0.1) is 5.92 Å². The molecule has 0 spiro atoms. The molecular formula is C14H27N3O. The van der Waals surface area contributed by atoms with Crippen molar-refractivity contribution in [3.05, 3.63) is 0 Å². The number of rotatable bonds is 6. The summed E-state index contributed by atoms with van der Waals surface area (Å²) in [5.74, 6) is 0.900. The predicted octanol–water partition coefficient (Wildman–Crippen LogP) is 0.977. The van der Waals surface area contributed by atoms with Gasteiger partial charge in [-0.25, -0.2) is 0 Å². The Morgan fingerprint density at radius 2 is 2.06 bits per heavy atom. The molecule has 0 bridgehead atoms. The number of nitrogens with zero attached hydrogens (tertiary/aromatic N) is 1. The van der Waals surface area contributed by atoms with Crippen LogP contribution in [0.15, 0.2) is 0 Å². The van der Waals surface area contributed by atoms with Crippen LogP contribution in [0.4, 0.5) is 0 Å². The highest BCUT2D eigenvalue weighted by molar-refractivity contribution is 5.78. The lowest BCUT2D eigenvalue weighted by molar-refractivity contribution is -0.120. The van der Waals surface area contributed by atoms with Crippen molar-refractivity contribution in [2.45, 2.75) is 45.1 Å². The molecular weight excluding hydrogens is 226 g/mol. The first-order chi connectivity index (χ1) is 8.78. The molecule has 1 atom stereocenters. The van der Waals surface area contributed by atoms with Crippen LogP contribution in [0.3, 0.4) is 0 Å². The topological polar surface area (TPSA) is 44.4 Å². The average molecular weight is 253 g/mol. The van der Waals surface area contributed by atoms with Gasteiger partial charge in [0.2, 0.25) is 5.91 Å². The number of likely N-dealkylation sites (tertiary alicyclic amines) is 1. The summed E-state index contributed by atoms with van der Waals surface area (Å²) in [7, 11) is 0. The Labute approximate surface area is 110 Å². The fourth-order valence-electron chi connectivity index (χ4n) is 3.11. The Bertz CT molecular complexity index is 264. The second-order valence-corrected chi connectivity index (χ2v) is 5.73. The molecule has 18 heavy (non-hydrogen) atoms. The summed E-state index contributed by atoms with van der Waals surface area (Å²) in [4.78, 5) is 14.2. The van der Waals surface area contributed by atoms with Crippen LogP contribution in [0.1, 0.15) is 39.0 Å². The van der Waals surface area contributed by atoms with Crippen molar-refractivity contribution >= 4 is 5.91 Å². The van der Waals surface area contributed by atoms with Gasteiger partial charge in [-0.1, -0.05) is 19.8 Å². The standard InChI is InChI=1S/C14H27N3O/c1-2-17-8-7-12(11-17)9-15-10-14(18)16-13-5-3-4-6-13/h12-13,15H,2-11H2,1H3,(H,16,18). The zero-order chi connectivity index (χ0) is 12.8. The molecule has 2 fully saturated rings. The second kappa shape index (κ2) is 7.10. The molecule has 1 amide bonds. The lowest BCUT2D eigenvalue weighted by Crippen LogP contribution is -2.40. The van der Waals surface area contributed by atoms with Gasteiger partial charge in [-0.15, -0.1) is 0 Å². The monoisotopic (exact) mass is 253 g/mol. The highest BCUT2D eigenvalue weighted by Crippen LogP contribution is 2.17. The number of carbonyl (C=O) groups excluding carboxylic acids is 1. The first-order valence-electron chi connectivity index (χ1n) is 7.50. The van der Waals surface area contributed by atoms with Crippen molar-refractivity contribution in [2.24, 2.45) is 5.92 Å². The minimum atomic E-state index is 0.173. The molecule has 0 radical (unpaired) electrons. The lowest BCUT2D eigenvalue weighted by atomic mass is 10.1. The molecule has 1 saturated heterocycles. The smallest absolute Gasteiger partial charge is 0.234 e. The third-order valence-corrected chi connectivity index (χ3v) is 4.26. The van der Waals surface area contributed by atoms with Crippen LogP contribution in [-0.4, -0.2) is 49.6 Å². The van der Waals surface area contributed by atoms with Crippen LogP contribution in [-0.2, 0) is 4.79 Å². The van der Waals surface area contributed by atoms with E-state index in [-0.39, 0.29) is 5.91 Å². The second-order valence-electron chi connectivity index (χ2n) is 5.73. The van der Waals surface area contributed by atoms with Crippen molar-refractivity contribution in [3.63, 3.8) is 0 Å². The zero-order valence-electron chi connectivity index (χ0n) is 11.6. The number of hydrogen-bond donors (Lipinski definition) is 2. The van der Waals surface area contributed by atoms with E-state index in [0.29, 0.717) is 12.6 Å². The van der Waals surface area contributed by atoms with Crippen molar-refractivity contribution in [3.8, 4) is 0 Å². The first-order valence-corrected chi connectivity index (χ1v) is 7.50. The zero-order valence-corrected chi connectivity index (χ0v) is 11.6. The molecule has 4 heteroatoms. The molecule has 104 valence electrons. The molecule has 1 heterocycles. The van der Waals surface area contributed by atoms with Crippen molar-refractivity contribution in [1.82, 2.24) is 15.5 Å². The Morgan fingerprint density at radius 3 is 2.72 bits per heavy atom. The highest BCUT2D eigenvalue weighted by atomic mass is 16.1. The van der Waals surface area contributed by atoms with Gasteiger partial charge in [0.15, 0.2) is 0 Å². The Hall–Kier alpha value is -0.610. The number of amides is 1. The minimum absolute atomic E-state index is 0.173. The largest absolute Gasteiger partial charge is 0.352 e. The molecule has 2 rings (SSSR count). The van der Waals surface area contributed by atoms with Gasteiger partial charge in [-0.05, 0) is 44.8 Å². The summed E-state index contributed by atoms with van der Waals surface area (Å²) in [6.45, 7) is 7.24. The van der Waals surface area contributed by atoms with Gasteiger partial charge in [0.1, 0.15) is 0 Å². The summed E-state index contributed by atoms with van der Waals surface area (Å²) in [6.07, 6.45) is 6.14. The average Bonchev–Trinajstić information content (AvgIpc) is 3.00. The maximum absolute atomic E-state index is 11.7. The van der Waals surface area contributed by atoms with E-state index in [0.717, 1.165) is 19.0 Å². The summed E-state index contributed by atoms with van der Waals surface area (Å²) in [5, 5.41) is 6.42. The molecule has 1 aliphatic carbocycles. The number of carbonyl (C=O) groups is 1. The molecule has 0 aromatic heterocycles. The van der Waals surface area contributed by atoms with Crippen LogP contribution in [0.25, 0.3) is 0 Å². The molecule has 1 aliphatic heterocycles. The van der Waals surface area contributed by atoms with Gasteiger partial charge in [0, 0.05) is 12.6 Å². The van der Waals surface area contributed by atoms with E-state index < -0.39 is 0 Å². The minimum Gasteiger partial charge on any atom is -0.352 e. The van der Waals surface area contributed by atoms with Gasteiger partial charge >= 0.3 is 0 Å². The van der Waals surface area contributed by atoms with Gasteiger partial charge in [-0.2, -0.15) is 0 Å². The van der Waals surface area contributed by atoms with Gasteiger partial charge in [-0.3, -0.25) is 4.79 Å². The Morgan fingerprint density at radius 1 is 1.28 bits per heavy atom. The SMILES string of the molecule is CCN1CCC(CNCC(=O)NC2CCCC2)C1. The molecule has 1 unspecified atom stereocenters. The molecule has 4 nitrogen and oxygen atoms in total. The van der Waals surface area contributed by atoms with Crippen LogP contribution in [0.5, 0.6) is 0 Å². The highest BCUT2D eigenvalue weighted by Gasteiger charge is 2.21. The summed E-state index contributed by atoms with van der Waals surface area (Å²) >= 11 is 0. The van der Waals surface area contributed by atoms with E-state index in [2.05, 4.69) is 22.5 Å². The van der Waals surface area contributed by atoms with Crippen molar-refractivity contribution in [2.75, 3.05) is 32.7 Å². The van der Waals surface area contributed by atoms with E-state index in [1.54, 1.807) is 0 Å². The third-order valence-electron chi connectivity index (χ3n) is 4.26. The van der Waals surface area contributed by atoms with E-state index in [1.807, 2.05) is 0 Å². The first kappa shape index (κ1) is 13.8. The van der Waals surface area contributed by atoms with Gasteiger partial charge < -0.3 is 15.5 Å². The molecule has 0 aromatic rings. The normalized spacial score (nSPS) is 25.7. The molecule has 0 aromatic carbocycles. The maximum Gasteiger partial charge on any atom is 0.234 e. The maximum atomic E-state index is 11.7. The molecule has 2 N–H and O–H groups in total. The summed E-state index contributed by atoms with van der Waals surface area (Å²) < 4.78 is 0. The van der Waals surface area contributed by atoms with E-state index >= 15 is 0 Å². The summed E-state index contributed by atoms with van der Waals surface area (Å²) in [6, 6.07) is 0.446. The van der Waals surface area contributed by atoms with E-state index in [9.17, 15) is 4.79 Å². The van der Waals surface area contributed by atoms with Gasteiger partial charge in [0.05, 0.1) is 6.54 Å². The van der Waals surface area contributed by atoms with Gasteiger partial charge in [0.25, 0.3) is 0 Å². The Kier molecular flexibility index (Phi) is 5.45. The van der Waals surface area contributed by atoms with Crippen molar-refractivity contribution < 1.29 is 4.79 Å². The third kappa shape index (κ3) is 4.25. The lowest BCUT2D eigenvalue weighted by Gasteiger charge is -2.15. The molecule has 1 saturated carbocycles. The van der Waals surface area contributed by atoms with Crippen LogP contribution in [0.2, 0.25) is 0 Å². The summed E-state index contributed by atoms with van der Waals surface area (Å²) in [5.41, 5.74) is 0. The van der Waals surface area contributed by atoms with Crippen LogP contribution < -0.4 is 10.6 Å². The number of hydrogen-bond acceptors (Lipinski definition) is 3. The number of nitrogens with one attached hydrogen (secondary N) is 2. The van der Waals surface area contributed by atoms with E-state index in [1.165, 1.54) is 45.2 Å². The predicted molar refractivity (Wildman–Crippen MR) is 73.5 cm³/mol. The fraction of sp³-hybridized carbons (Fsp3) is 0.929.